The van der Waals surface area contributed by atoms with Crippen LogP contribution in [0.15, 0.2) is 217 Å². The highest BCUT2D eigenvalue weighted by Crippen LogP contribution is 2.57. The van der Waals surface area contributed by atoms with Gasteiger partial charge in [-0.2, -0.15) is 0 Å². The monoisotopic (exact) mass is 757 g/mol. The summed E-state index contributed by atoms with van der Waals surface area (Å²) in [5, 5.41) is 4.91. The second-order valence-corrected chi connectivity index (χ2v) is 16.2. The topological polar surface area (TPSA) is 16.4 Å². The van der Waals surface area contributed by atoms with E-state index in [-0.39, 0.29) is 0 Å². The fraction of sp³-hybridized carbons (Fsp3) is 0.0182. The molecule has 0 radical (unpaired) electrons. The minimum atomic E-state index is -0.484. The van der Waals surface area contributed by atoms with Crippen molar-refractivity contribution in [2.75, 3.05) is 4.90 Å². The number of anilines is 3. The van der Waals surface area contributed by atoms with Gasteiger partial charge in [0.2, 0.25) is 0 Å². The maximum absolute atomic E-state index is 6.56. The summed E-state index contributed by atoms with van der Waals surface area (Å²) in [6, 6.07) is 77.4. The molecule has 1 aliphatic carbocycles. The van der Waals surface area contributed by atoms with E-state index in [1.807, 2.05) is 11.3 Å². The van der Waals surface area contributed by atoms with Crippen LogP contribution >= 0.6 is 11.3 Å². The zero-order chi connectivity index (χ0) is 38.2. The number of furan rings is 1. The van der Waals surface area contributed by atoms with Crippen LogP contribution in [-0.2, 0) is 5.41 Å². The van der Waals surface area contributed by atoms with Gasteiger partial charge in [-0.05, 0) is 105 Å². The maximum Gasteiger partial charge on any atom is 0.136 e. The summed E-state index contributed by atoms with van der Waals surface area (Å²) >= 11 is 1.84. The molecule has 272 valence electrons. The molecule has 2 aromatic heterocycles. The molecule has 0 unspecified atom stereocenters. The first-order valence-electron chi connectivity index (χ1n) is 19.8. The fourth-order valence-electron chi connectivity index (χ4n) is 9.75. The molecule has 58 heavy (non-hydrogen) atoms. The van der Waals surface area contributed by atoms with Gasteiger partial charge >= 0.3 is 0 Å². The van der Waals surface area contributed by atoms with Crippen molar-refractivity contribution in [3.05, 3.63) is 235 Å². The Bertz CT molecular complexity index is 3290. The van der Waals surface area contributed by atoms with Gasteiger partial charge in [-0.15, -0.1) is 11.3 Å². The highest BCUT2D eigenvalue weighted by molar-refractivity contribution is 7.26. The SMILES string of the molecule is c1ccc(N(c2ccc(-c3cccc4oc5ccc6sc7ccccc7c6c5c34)cc2)c2ccc3c(c2)C(c2ccccc2)(c2ccccc2)c2ccccc2-3)cc1. The van der Waals surface area contributed by atoms with Crippen molar-refractivity contribution in [1.82, 2.24) is 0 Å². The zero-order valence-corrected chi connectivity index (χ0v) is 32.3. The van der Waals surface area contributed by atoms with E-state index in [1.165, 1.54) is 64.5 Å². The van der Waals surface area contributed by atoms with E-state index in [1.54, 1.807) is 0 Å². The summed E-state index contributed by atoms with van der Waals surface area (Å²) in [5.74, 6) is 0. The lowest BCUT2D eigenvalue weighted by Crippen LogP contribution is -2.28. The Balaban J connectivity index is 1.04. The number of rotatable bonds is 6. The van der Waals surface area contributed by atoms with Crippen LogP contribution in [-0.4, -0.2) is 0 Å². The molecule has 12 rings (SSSR count). The Morgan fingerprint density at radius 3 is 1.76 bits per heavy atom. The summed E-state index contributed by atoms with van der Waals surface area (Å²) in [7, 11) is 0. The Morgan fingerprint density at radius 2 is 0.983 bits per heavy atom. The largest absolute Gasteiger partial charge is 0.456 e. The molecule has 3 heteroatoms. The van der Waals surface area contributed by atoms with E-state index in [0.717, 1.165) is 39.2 Å². The van der Waals surface area contributed by atoms with Crippen LogP contribution in [0, 0.1) is 0 Å². The number of benzene rings is 9. The number of para-hydroxylation sites is 1. The quantitative estimate of drug-likeness (QED) is 0.168. The van der Waals surface area contributed by atoms with Crippen LogP contribution in [0.25, 0.3) is 64.4 Å². The average Bonchev–Trinajstić information content (AvgIpc) is 3.96. The van der Waals surface area contributed by atoms with Crippen molar-refractivity contribution >= 4 is 70.5 Å². The molecule has 0 N–H and O–H groups in total. The molecule has 2 nitrogen and oxygen atoms in total. The second kappa shape index (κ2) is 12.9. The van der Waals surface area contributed by atoms with Gasteiger partial charge < -0.3 is 9.32 Å². The minimum absolute atomic E-state index is 0.484. The van der Waals surface area contributed by atoms with Crippen molar-refractivity contribution < 1.29 is 4.42 Å². The third-order valence-electron chi connectivity index (χ3n) is 12.2. The van der Waals surface area contributed by atoms with Crippen molar-refractivity contribution in [2.24, 2.45) is 0 Å². The third-order valence-corrected chi connectivity index (χ3v) is 13.3. The minimum Gasteiger partial charge on any atom is -0.456 e. The molecule has 0 saturated heterocycles. The molecular formula is C55H35NOS. The standard InChI is InChI=1S/C55H35NOS/c1-4-15-37(16-5-1)55(38-17-6-2-7-18-38)46-24-12-10-21-43(46)44-32-31-41(35-47(44)55)56(39-19-8-3-9-20-39)40-29-27-36(28-30-40)42-23-14-25-48-52(42)54-49(57-48)33-34-51-53(54)45-22-11-13-26-50(45)58-51/h1-35H. The Kier molecular flexibility index (Phi) is 7.35. The van der Waals surface area contributed by atoms with Crippen molar-refractivity contribution in [2.45, 2.75) is 5.41 Å². The predicted molar refractivity (Wildman–Crippen MR) is 244 cm³/mol. The first kappa shape index (κ1) is 33.0. The number of thiophene rings is 1. The molecule has 0 fully saturated rings. The molecule has 0 bridgehead atoms. The molecule has 2 heterocycles. The second-order valence-electron chi connectivity index (χ2n) is 15.2. The molecule has 0 aliphatic heterocycles. The molecule has 11 aromatic rings. The lowest BCUT2D eigenvalue weighted by atomic mass is 9.67. The van der Waals surface area contributed by atoms with E-state index in [4.69, 9.17) is 4.42 Å². The summed E-state index contributed by atoms with van der Waals surface area (Å²) in [4.78, 5) is 2.39. The summed E-state index contributed by atoms with van der Waals surface area (Å²) in [6.45, 7) is 0. The molecule has 1 aliphatic rings. The van der Waals surface area contributed by atoms with E-state index in [0.29, 0.717) is 0 Å². The summed E-state index contributed by atoms with van der Waals surface area (Å²) in [6.07, 6.45) is 0. The van der Waals surface area contributed by atoms with E-state index in [9.17, 15) is 0 Å². The lowest BCUT2D eigenvalue weighted by Gasteiger charge is -2.35. The normalized spacial score (nSPS) is 13.0. The molecule has 0 atom stereocenters. The Hall–Kier alpha value is -7.20. The smallest absolute Gasteiger partial charge is 0.136 e. The molecule has 0 spiro atoms. The van der Waals surface area contributed by atoms with Gasteiger partial charge in [0.15, 0.2) is 0 Å². The van der Waals surface area contributed by atoms with Crippen LogP contribution in [0.1, 0.15) is 22.3 Å². The molecular weight excluding hydrogens is 723 g/mol. The molecule has 9 aromatic carbocycles. The van der Waals surface area contributed by atoms with Gasteiger partial charge in [0, 0.05) is 48.0 Å². The highest BCUT2D eigenvalue weighted by Gasteiger charge is 2.46. The van der Waals surface area contributed by atoms with Crippen molar-refractivity contribution in [3.63, 3.8) is 0 Å². The third kappa shape index (κ3) is 4.78. The number of fused-ring (bicyclic) bond motifs is 10. The predicted octanol–water partition coefficient (Wildman–Crippen LogP) is 15.5. The van der Waals surface area contributed by atoms with E-state index >= 15 is 0 Å². The van der Waals surface area contributed by atoms with Crippen LogP contribution in [0.3, 0.4) is 0 Å². The summed E-state index contributed by atoms with van der Waals surface area (Å²) < 4.78 is 9.13. The fourth-order valence-corrected chi connectivity index (χ4v) is 10.9. The van der Waals surface area contributed by atoms with E-state index < -0.39 is 5.41 Å². The van der Waals surface area contributed by atoms with Crippen molar-refractivity contribution in [1.29, 1.82) is 0 Å². The maximum atomic E-state index is 6.56. The summed E-state index contributed by atoms with van der Waals surface area (Å²) in [5.41, 5.74) is 14.6. The van der Waals surface area contributed by atoms with Gasteiger partial charge in [-0.25, -0.2) is 0 Å². The van der Waals surface area contributed by atoms with E-state index in [2.05, 4.69) is 217 Å². The van der Waals surface area contributed by atoms with Crippen LogP contribution in [0.4, 0.5) is 17.1 Å². The first-order chi connectivity index (χ1) is 28.8. The molecule has 0 saturated carbocycles. The first-order valence-corrected chi connectivity index (χ1v) is 20.7. The van der Waals surface area contributed by atoms with Crippen LogP contribution in [0.2, 0.25) is 0 Å². The Morgan fingerprint density at radius 1 is 0.379 bits per heavy atom. The number of hydrogen-bond donors (Lipinski definition) is 0. The number of nitrogens with zero attached hydrogens (tertiary/aromatic N) is 1. The average molecular weight is 758 g/mol. The molecule has 0 amide bonds. The van der Waals surface area contributed by atoms with Gasteiger partial charge in [0.1, 0.15) is 11.2 Å². The Labute approximate surface area is 340 Å². The number of hydrogen-bond acceptors (Lipinski definition) is 3. The zero-order valence-electron chi connectivity index (χ0n) is 31.5. The highest BCUT2D eigenvalue weighted by atomic mass is 32.1. The van der Waals surface area contributed by atoms with Crippen LogP contribution in [0.5, 0.6) is 0 Å². The lowest BCUT2D eigenvalue weighted by molar-refractivity contribution is 0.669. The van der Waals surface area contributed by atoms with Crippen LogP contribution < -0.4 is 4.90 Å². The van der Waals surface area contributed by atoms with Gasteiger partial charge in [-0.3, -0.25) is 0 Å². The van der Waals surface area contributed by atoms with Gasteiger partial charge in [-0.1, -0.05) is 152 Å². The van der Waals surface area contributed by atoms with Gasteiger partial charge in [0.25, 0.3) is 0 Å². The van der Waals surface area contributed by atoms with Crippen molar-refractivity contribution in [3.8, 4) is 22.3 Å². The van der Waals surface area contributed by atoms with Gasteiger partial charge in [0.05, 0.1) is 5.41 Å².